The summed E-state index contributed by atoms with van der Waals surface area (Å²) in [6, 6.07) is 4.43. The number of nitrogens with one attached hydrogen (secondary N) is 3. The van der Waals surface area contributed by atoms with Crippen LogP contribution in [-0.4, -0.2) is 51.5 Å². The van der Waals surface area contributed by atoms with Crippen LogP contribution in [0.25, 0.3) is 0 Å². The van der Waals surface area contributed by atoms with Crippen molar-refractivity contribution in [1.82, 2.24) is 20.3 Å². The molecule has 0 spiro atoms. The van der Waals surface area contributed by atoms with Crippen LogP contribution in [0.1, 0.15) is 84.1 Å². The van der Waals surface area contributed by atoms with Gasteiger partial charge < -0.3 is 21.1 Å². The summed E-state index contributed by atoms with van der Waals surface area (Å²) < 4.78 is 14.5. The van der Waals surface area contributed by atoms with Crippen molar-refractivity contribution < 1.29 is 9.50 Å². The molecule has 2 heterocycles. The van der Waals surface area contributed by atoms with Crippen LogP contribution in [0, 0.1) is 23.6 Å². The van der Waals surface area contributed by atoms with Gasteiger partial charge in [-0.2, -0.15) is 4.98 Å². The first-order chi connectivity index (χ1) is 18.9. The minimum Gasteiger partial charge on any atom is -0.393 e. The molecule has 218 valence electrons. The normalized spacial score (nSPS) is 19.8. The molecule has 0 radical (unpaired) electrons. The summed E-state index contributed by atoms with van der Waals surface area (Å²) >= 11 is 1.59. The molecule has 4 N–H and O–H groups in total. The second-order valence-corrected chi connectivity index (χ2v) is 12.1. The van der Waals surface area contributed by atoms with E-state index in [1.807, 2.05) is 18.4 Å². The first kappa shape index (κ1) is 31.6. The Morgan fingerprint density at radius 2 is 1.90 bits per heavy atom. The van der Waals surface area contributed by atoms with E-state index in [0.717, 1.165) is 49.2 Å². The Morgan fingerprint density at radius 1 is 1.10 bits per heavy atom. The average Bonchev–Trinajstić information content (AvgIpc) is 2.94. The molecular formula is C30H49FN6OS. The minimum atomic E-state index is -0.434. The quantitative estimate of drug-likeness (QED) is 0.163. The van der Waals surface area contributed by atoms with Gasteiger partial charge in [-0.05, 0) is 88.5 Å². The van der Waals surface area contributed by atoms with Gasteiger partial charge in [0.25, 0.3) is 0 Å². The maximum atomic E-state index is 14.5. The van der Waals surface area contributed by atoms with Crippen molar-refractivity contribution >= 4 is 23.5 Å². The molecule has 1 unspecified atom stereocenters. The molecule has 2 aromatic rings. The zero-order chi connectivity index (χ0) is 28.0. The summed E-state index contributed by atoms with van der Waals surface area (Å²) in [5.41, 5.74) is 1.06. The average molecular weight is 561 g/mol. The number of anilines is 2. The molecule has 9 heteroatoms. The molecular weight excluding hydrogens is 511 g/mol. The summed E-state index contributed by atoms with van der Waals surface area (Å²) in [5.74, 6) is 1.99. The van der Waals surface area contributed by atoms with E-state index < -0.39 is 5.82 Å². The van der Waals surface area contributed by atoms with Crippen molar-refractivity contribution in [3.63, 3.8) is 0 Å². The van der Waals surface area contributed by atoms with E-state index in [-0.39, 0.29) is 11.9 Å². The number of aromatic nitrogens is 3. The maximum Gasteiger partial charge on any atom is 0.225 e. The lowest BCUT2D eigenvalue weighted by Gasteiger charge is -2.27. The van der Waals surface area contributed by atoms with E-state index in [0.29, 0.717) is 42.8 Å². The molecule has 1 saturated carbocycles. The molecule has 3 atom stereocenters. The fraction of sp³-hybridized carbons (Fsp3) is 0.700. The van der Waals surface area contributed by atoms with Crippen molar-refractivity contribution in [2.75, 3.05) is 30.0 Å². The van der Waals surface area contributed by atoms with Crippen LogP contribution in [0.3, 0.4) is 0 Å². The SMILES string of the molecule is CCCC(CC[C@H](C)NC[C@H]1CC[C@H](O)CC1)C[C@H](C)CNc1nc(NCc2cccnc2SC)ncc1F. The number of nitrogens with zero attached hydrogens (tertiary/aromatic N) is 3. The monoisotopic (exact) mass is 560 g/mol. The van der Waals surface area contributed by atoms with Crippen molar-refractivity contribution in [2.24, 2.45) is 17.8 Å². The Morgan fingerprint density at radius 3 is 2.64 bits per heavy atom. The van der Waals surface area contributed by atoms with Gasteiger partial charge in [0.05, 0.1) is 12.3 Å². The number of aliphatic hydroxyl groups excluding tert-OH is 1. The predicted octanol–water partition coefficient (Wildman–Crippen LogP) is 6.51. The second-order valence-electron chi connectivity index (χ2n) is 11.4. The number of aliphatic hydroxyl groups is 1. The first-order valence-electron chi connectivity index (χ1n) is 14.8. The topological polar surface area (TPSA) is 95.0 Å². The number of halogens is 1. The predicted molar refractivity (Wildman–Crippen MR) is 161 cm³/mol. The minimum absolute atomic E-state index is 0.0831. The van der Waals surface area contributed by atoms with Gasteiger partial charge in [-0.25, -0.2) is 14.4 Å². The van der Waals surface area contributed by atoms with Crippen molar-refractivity contribution in [3.05, 3.63) is 35.9 Å². The summed E-state index contributed by atoms with van der Waals surface area (Å²) in [6.45, 7) is 9.06. The smallest absolute Gasteiger partial charge is 0.225 e. The lowest BCUT2D eigenvalue weighted by Crippen LogP contribution is -2.34. The van der Waals surface area contributed by atoms with Gasteiger partial charge in [0.1, 0.15) is 5.03 Å². The van der Waals surface area contributed by atoms with E-state index in [4.69, 9.17) is 0 Å². The number of pyridine rings is 1. The van der Waals surface area contributed by atoms with Crippen LogP contribution in [0.2, 0.25) is 0 Å². The Hall–Kier alpha value is -1.97. The van der Waals surface area contributed by atoms with Crippen LogP contribution in [0.4, 0.5) is 16.2 Å². The molecule has 3 rings (SSSR count). The molecule has 1 fully saturated rings. The zero-order valence-electron chi connectivity index (χ0n) is 24.3. The van der Waals surface area contributed by atoms with Crippen molar-refractivity contribution in [3.8, 4) is 0 Å². The molecule has 1 aliphatic carbocycles. The second kappa shape index (κ2) is 17.0. The summed E-state index contributed by atoms with van der Waals surface area (Å²) in [4.78, 5) is 12.9. The standard InChI is InChI=1S/C30H49FN6OS/c1-5-7-23(10-9-22(3)33-18-24-11-13-26(38)14-12-24)16-21(2)17-34-28-27(31)20-36-30(37-28)35-19-25-8-6-15-32-29(25)39-4/h6,8,15,20-24,26,33,38H,5,7,9-14,16-19H2,1-4H3,(H2,34,35,36,37)/t21-,22-,23?,24-,26-/m0/s1. The van der Waals surface area contributed by atoms with Crippen LogP contribution in [0.5, 0.6) is 0 Å². The fourth-order valence-corrected chi connectivity index (χ4v) is 6.08. The Labute approximate surface area is 239 Å². The molecule has 0 amide bonds. The van der Waals surface area contributed by atoms with Crippen molar-refractivity contribution in [2.45, 2.75) is 102 Å². The lowest BCUT2D eigenvalue weighted by molar-refractivity contribution is 0.107. The molecule has 2 aromatic heterocycles. The number of hydrogen-bond donors (Lipinski definition) is 4. The first-order valence-corrected chi connectivity index (χ1v) is 16.0. The van der Waals surface area contributed by atoms with Crippen LogP contribution < -0.4 is 16.0 Å². The highest BCUT2D eigenvalue weighted by Gasteiger charge is 2.20. The highest BCUT2D eigenvalue weighted by Crippen LogP contribution is 2.26. The van der Waals surface area contributed by atoms with Crippen LogP contribution in [0.15, 0.2) is 29.6 Å². The number of hydrogen-bond acceptors (Lipinski definition) is 8. The van der Waals surface area contributed by atoms with E-state index in [1.165, 1.54) is 31.9 Å². The largest absolute Gasteiger partial charge is 0.393 e. The maximum absolute atomic E-state index is 14.5. The summed E-state index contributed by atoms with van der Waals surface area (Å²) in [5, 5.41) is 20.9. The third kappa shape index (κ3) is 11.2. The number of thioether (sulfide) groups is 1. The number of rotatable bonds is 17. The molecule has 0 saturated heterocycles. The Balaban J connectivity index is 1.42. The third-order valence-corrected chi connectivity index (χ3v) is 8.61. The molecule has 0 bridgehead atoms. The molecule has 7 nitrogen and oxygen atoms in total. The summed E-state index contributed by atoms with van der Waals surface area (Å²) in [7, 11) is 0. The van der Waals surface area contributed by atoms with E-state index >= 15 is 0 Å². The van der Waals surface area contributed by atoms with Gasteiger partial charge in [0, 0.05) is 30.9 Å². The molecule has 0 aliphatic heterocycles. The molecule has 0 aromatic carbocycles. The Bertz CT molecular complexity index is 974. The van der Waals surface area contributed by atoms with Gasteiger partial charge in [-0.1, -0.05) is 32.8 Å². The van der Waals surface area contributed by atoms with Gasteiger partial charge >= 0.3 is 0 Å². The lowest BCUT2D eigenvalue weighted by atomic mass is 9.86. The summed E-state index contributed by atoms with van der Waals surface area (Å²) in [6.07, 6.45) is 15.0. The molecule has 39 heavy (non-hydrogen) atoms. The van der Waals surface area contributed by atoms with Crippen LogP contribution in [-0.2, 0) is 6.54 Å². The van der Waals surface area contributed by atoms with E-state index in [9.17, 15) is 9.50 Å². The Kier molecular flexibility index (Phi) is 13.7. The van der Waals surface area contributed by atoms with Gasteiger partial charge in [-0.15, -0.1) is 11.8 Å². The van der Waals surface area contributed by atoms with Gasteiger partial charge in [0.2, 0.25) is 5.95 Å². The fourth-order valence-electron chi connectivity index (χ4n) is 5.51. The molecule has 1 aliphatic rings. The third-order valence-electron chi connectivity index (χ3n) is 7.85. The zero-order valence-corrected chi connectivity index (χ0v) is 25.1. The van der Waals surface area contributed by atoms with Gasteiger partial charge in [0.15, 0.2) is 11.6 Å². The highest BCUT2D eigenvalue weighted by molar-refractivity contribution is 7.98. The highest BCUT2D eigenvalue weighted by atomic mass is 32.2. The van der Waals surface area contributed by atoms with E-state index in [1.54, 1.807) is 18.0 Å². The van der Waals surface area contributed by atoms with Crippen LogP contribution >= 0.6 is 11.8 Å². The van der Waals surface area contributed by atoms with Gasteiger partial charge in [-0.3, -0.25) is 0 Å². The van der Waals surface area contributed by atoms with Crippen molar-refractivity contribution in [1.29, 1.82) is 0 Å². The van der Waals surface area contributed by atoms with E-state index in [2.05, 4.69) is 51.7 Å².